The smallest absolute Gasteiger partial charge is 0.252 e. The fourth-order valence-corrected chi connectivity index (χ4v) is 5.55. The molecule has 0 spiro atoms. The number of rotatable bonds is 9. The van der Waals surface area contributed by atoms with E-state index in [2.05, 4.69) is 51.4 Å². The first-order chi connectivity index (χ1) is 17.9. The summed E-state index contributed by atoms with van der Waals surface area (Å²) < 4.78 is 7.71. The zero-order valence-electron chi connectivity index (χ0n) is 21.6. The van der Waals surface area contributed by atoms with Crippen molar-refractivity contribution in [2.75, 3.05) is 6.61 Å². The molecule has 2 aromatic carbocycles. The number of tetrazole rings is 1. The van der Waals surface area contributed by atoms with Crippen LogP contribution in [0.15, 0.2) is 47.3 Å². The number of pyridine rings is 1. The molecule has 0 radical (unpaired) electrons. The standard InChI is InChI=1S/C28H33ClN6O2/c1-4-25(27-31-32-33-35(27)17-23-9-7-11-37-23)34(15-20-8-5-6-10-24(20)29)16-22-14-21-13-18(2)12-19(3)26(21)30-28(22)36/h5-6,8,10,12-14,23,25H,4,7,9,11,15-17H2,1-3H3,(H,30,36)/t23-,25-/m0/s1. The molecule has 194 valence electrons. The van der Waals surface area contributed by atoms with E-state index in [-0.39, 0.29) is 17.7 Å². The fraction of sp³-hybridized carbons (Fsp3) is 0.429. The van der Waals surface area contributed by atoms with Gasteiger partial charge in [0, 0.05) is 30.3 Å². The lowest BCUT2D eigenvalue weighted by Crippen LogP contribution is -2.33. The third-order valence-corrected chi connectivity index (χ3v) is 7.53. The fourth-order valence-electron chi connectivity index (χ4n) is 5.36. The van der Waals surface area contributed by atoms with Crippen molar-refractivity contribution >= 4 is 22.5 Å². The van der Waals surface area contributed by atoms with E-state index in [1.165, 1.54) is 0 Å². The second kappa shape index (κ2) is 11.1. The van der Waals surface area contributed by atoms with E-state index in [0.717, 1.165) is 59.3 Å². The number of fused-ring (bicyclic) bond motifs is 1. The van der Waals surface area contributed by atoms with Gasteiger partial charge in [0.1, 0.15) is 0 Å². The number of hydrogen-bond donors (Lipinski definition) is 1. The monoisotopic (exact) mass is 520 g/mol. The quantitative estimate of drug-likeness (QED) is 0.329. The zero-order valence-corrected chi connectivity index (χ0v) is 22.3. The molecule has 1 saturated heterocycles. The summed E-state index contributed by atoms with van der Waals surface area (Å²) in [6.07, 6.45) is 2.94. The predicted octanol–water partition coefficient (Wildman–Crippen LogP) is 5.12. The molecule has 0 bridgehead atoms. The average Bonchev–Trinajstić information content (AvgIpc) is 3.55. The van der Waals surface area contributed by atoms with Crippen LogP contribution in [0.4, 0.5) is 0 Å². The van der Waals surface area contributed by atoms with E-state index in [1.807, 2.05) is 41.9 Å². The maximum Gasteiger partial charge on any atom is 0.252 e. The number of hydrogen-bond acceptors (Lipinski definition) is 6. The number of halogens is 1. The molecule has 2 atom stereocenters. The average molecular weight is 521 g/mol. The Morgan fingerprint density at radius 1 is 1.19 bits per heavy atom. The minimum atomic E-state index is -0.123. The first-order valence-electron chi connectivity index (χ1n) is 12.9. The van der Waals surface area contributed by atoms with Gasteiger partial charge in [-0.3, -0.25) is 9.69 Å². The van der Waals surface area contributed by atoms with Crippen LogP contribution in [0.2, 0.25) is 5.02 Å². The number of H-pyrrole nitrogens is 1. The van der Waals surface area contributed by atoms with Crippen molar-refractivity contribution in [2.24, 2.45) is 0 Å². The van der Waals surface area contributed by atoms with Gasteiger partial charge >= 0.3 is 0 Å². The second-order valence-electron chi connectivity index (χ2n) is 9.94. The Morgan fingerprint density at radius 2 is 2.00 bits per heavy atom. The van der Waals surface area contributed by atoms with Gasteiger partial charge in [0.25, 0.3) is 5.56 Å². The molecule has 3 heterocycles. The normalized spacial score (nSPS) is 16.6. The number of ether oxygens (including phenoxy) is 1. The lowest BCUT2D eigenvalue weighted by atomic mass is 10.0. The Hall–Kier alpha value is -3.07. The van der Waals surface area contributed by atoms with Crippen molar-refractivity contribution in [2.45, 2.75) is 71.8 Å². The van der Waals surface area contributed by atoms with E-state index in [1.54, 1.807) is 0 Å². The number of aromatic amines is 1. The molecule has 0 amide bonds. The highest BCUT2D eigenvalue weighted by atomic mass is 35.5. The molecule has 9 heteroatoms. The maximum atomic E-state index is 13.2. The molecule has 0 saturated carbocycles. The summed E-state index contributed by atoms with van der Waals surface area (Å²) in [5.74, 6) is 0.772. The summed E-state index contributed by atoms with van der Waals surface area (Å²) in [4.78, 5) is 18.6. The molecular formula is C28H33ClN6O2. The van der Waals surface area contributed by atoms with Crippen LogP contribution >= 0.6 is 11.6 Å². The Kier molecular flexibility index (Phi) is 7.69. The third-order valence-electron chi connectivity index (χ3n) is 7.16. The molecule has 37 heavy (non-hydrogen) atoms. The van der Waals surface area contributed by atoms with Gasteiger partial charge in [-0.05, 0) is 78.2 Å². The molecule has 8 nitrogen and oxygen atoms in total. The van der Waals surface area contributed by atoms with E-state index < -0.39 is 0 Å². The van der Waals surface area contributed by atoms with Crippen LogP contribution in [0.3, 0.4) is 0 Å². The molecule has 2 aromatic heterocycles. The van der Waals surface area contributed by atoms with Crippen molar-refractivity contribution < 1.29 is 4.74 Å². The van der Waals surface area contributed by atoms with Gasteiger partial charge in [0.2, 0.25) is 0 Å². The third kappa shape index (κ3) is 5.61. The van der Waals surface area contributed by atoms with E-state index in [4.69, 9.17) is 16.3 Å². The van der Waals surface area contributed by atoms with Crippen LogP contribution < -0.4 is 5.56 Å². The summed E-state index contributed by atoms with van der Waals surface area (Å²) >= 11 is 6.58. The molecule has 0 aliphatic carbocycles. The lowest BCUT2D eigenvalue weighted by molar-refractivity contribution is 0.0888. The van der Waals surface area contributed by atoms with Crippen molar-refractivity contribution in [3.8, 4) is 0 Å². The Balaban J connectivity index is 1.53. The lowest BCUT2D eigenvalue weighted by Gasteiger charge is -2.31. The molecule has 5 rings (SSSR count). The summed E-state index contributed by atoms with van der Waals surface area (Å²) in [6.45, 7) is 8.59. The highest BCUT2D eigenvalue weighted by molar-refractivity contribution is 6.31. The highest BCUT2D eigenvalue weighted by Gasteiger charge is 2.28. The van der Waals surface area contributed by atoms with Crippen LogP contribution in [0, 0.1) is 13.8 Å². The van der Waals surface area contributed by atoms with E-state index >= 15 is 0 Å². The van der Waals surface area contributed by atoms with Crippen LogP contribution in [0.1, 0.15) is 60.3 Å². The van der Waals surface area contributed by atoms with Gasteiger partial charge in [0.15, 0.2) is 5.82 Å². The molecular weight excluding hydrogens is 488 g/mol. The number of benzene rings is 2. The number of aromatic nitrogens is 5. The molecule has 1 fully saturated rings. The SMILES string of the molecule is CC[C@@H](c1nnnn1C[C@@H]1CCCO1)N(Cc1ccccc1Cl)Cc1cc2cc(C)cc(C)c2[nH]c1=O. The summed E-state index contributed by atoms with van der Waals surface area (Å²) in [7, 11) is 0. The van der Waals surface area contributed by atoms with E-state index in [0.29, 0.717) is 30.2 Å². The second-order valence-corrected chi connectivity index (χ2v) is 10.4. The van der Waals surface area contributed by atoms with Crippen molar-refractivity contribution in [1.82, 2.24) is 30.1 Å². The van der Waals surface area contributed by atoms with Gasteiger partial charge in [-0.15, -0.1) is 5.10 Å². The van der Waals surface area contributed by atoms with Gasteiger partial charge < -0.3 is 9.72 Å². The van der Waals surface area contributed by atoms with Gasteiger partial charge in [-0.25, -0.2) is 4.68 Å². The van der Waals surface area contributed by atoms with Crippen LogP contribution in [0.5, 0.6) is 0 Å². The predicted molar refractivity (Wildman–Crippen MR) is 145 cm³/mol. The highest BCUT2D eigenvalue weighted by Crippen LogP contribution is 2.29. The summed E-state index contributed by atoms with van der Waals surface area (Å²) in [5.41, 5.74) is 4.70. The molecule has 1 N–H and O–H groups in total. The Bertz CT molecular complexity index is 1440. The van der Waals surface area contributed by atoms with Crippen LogP contribution in [-0.4, -0.2) is 42.8 Å². The topological polar surface area (TPSA) is 88.9 Å². The van der Waals surface area contributed by atoms with Crippen molar-refractivity contribution in [1.29, 1.82) is 0 Å². The number of nitrogens with one attached hydrogen (secondary N) is 1. The molecule has 0 unspecified atom stereocenters. The first kappa shape index (κ1) is 25.6. The number of aryl methyl sites for hydroxylation is 2. The van der Waals surface area contributed by atoms with E-state index in [9.17, 15) is 4.79 Å². The van der Waals surface area contributed by atoms with Crippen molar-refractivity contribution in [3.63, 3.8) is 0 Å². The largest absolute Gasteiger partial charge is 0.376 e. The Labute approximate surface area is 221 Å². The summed E-state index contributed by atoms with van der Waals surface area (Å²) in [6, 6.07) is 13.9. The van der Waals surface area contributed by atoms with Crippen LogP contribution in [0.25, 0.3) is 10.9 Å². The minimum Gasteiger partial charge on any atom is -0.376 e. The van der Waals surface area contributed by atoms with Crippen LogP contribution in [-0.2, 0) is 24.4 Å². The van der Waals surface area contributed by atoms with Gasteiger partial charge in [0.05, 0.1) is 24.2 Å². The Morgan fingerprint density at radius 3 is 2.76 bits per heavy atom. The van der Waals surface area contributed by atoms with Crippen molar-refractivity contribution in [3.05, 3.63) is 85.9 Å². The van der Waals surface area contributed by atoms with Gasteiger partial charge in [-0.1, -0.05) is 48.4 Å². The minimum absolute atomic E-state index is 0.0857. The first-order valence-corrected chi connectivity index (χ1v) is 13.3. The maximum absolute atomic E-state index is 13.2. The number of nitrogens with zero attached hydrogens (tertiary/aromatic N) is 5. The zero-order chi connectivity index (χ0) is 25.9. The summed E-state index contributed by atoms with van der Waals surface area (Å²) in [5, 5.41) is 14.5. The molecule has 1 aliphatic rings. The molecule has 4 aromatic rings. The van der Waals surface area contributed by atoms with Gasteiger partial charge in [-0.2, -0.15) is 0 Å². The molecule has 1 aliphatic heterocycles.